The average molecular weight is 248 g/mol. The van der Waals surface area contributed by atoms with Gasteiger partial charge in [0.15, 0.2) is 11.6 Å². The van der Waals surface area contributed by atoms with Crippen molar-refractivity contribution >= 4 is 5.97 Å². The quantitative estimate of drug-likeness (QED) is 0.600. The van der Waals surface area contributed by atoms with Crippen molar-refractivity contribution in [1.82, 2.24) is 0 Å². The van der Waals surface area contributed by atoms with E-state index in [0.717, 1.165) is 17.7 Å². The Balaban J connectivity index is 2.19. The van der Waals surface area contributed by atoms with Crippen LogP contribution in [0.5, 0.6) is 5.75 Å². The molecule has 0 amide bonds. The molecule has 0 bridgehead atoms. The van der Waals surface area contributed by atoms with Crippen LogP contribution in [0, 0.1) is 18.6 Å². The summed E-state index contributed by atoms with van der Waals surface area (Å²) >= 11 is 0. The zero-order chi connectivity index (χ0) is 13.1. The van der Waals surface area contributed by atoms with E-state index in [0.29, 0.717) is 5.75 Å². The van der Waals surface area contributed by atoms with E-state index in [1.54, 1.807) is 18.2 Å². The Bertz CT molecular complexity index is 594. The lowest BCUT2D eigenvalue weighted by molar-refractivity contribution is 0.0734. The Morgan fingerprint density at radius 2 is 1.83 bits per heavy atom. The third-order valence-corrected chi connectivity index (χ3v) is 2.36. The maximum absolute atomic E-state index is 13.0. The number of benzene rings is 2. The fourth-order valence-corrected chi connectivity index (χ4v) is 1.47. The highest BCUT2D eigenvalue weighted by atomic mass is 19.2. The lowest BCUT2D eigenvalue weighted by Crippen LogP contribution is -2.09. The van der Waals surface area contributed by atoms with Crippen LogP contribution in [-0.2, 0) is 0 Å². The molecule has 0 aliphatic rings. The number of aryl methyl sites for hydroxylation is 1. The van der Waals surface area contributed by atoms with E-state index in [-0.39, 0.29) is 5.56 Å². The maximum Gasteiger partial charge on any atom is 0.343 e. The van der Waals surface area contributed by atoms with Gasteiger partial charge in [-0.25, -0.2) is 13.6 Å². The summed E-state index contributed by atoms with van der Waals surface area (Å²) in [5, 5.41) is 0. The Labute approximate surface area is 103 Å². The van der Waals surface area contributed by atoms with E-state index >= 15 is 0 Å². The molecule has 0 saturated heterocycles. The first-order valence-corrected chi connectivity index (χ1v) is 5.30. The Hall–Kier alpha value is -2.23. The summed E-state index contributed by atoms with van der Waals surface area (Å²) in [5.41, 5.74) is 0.904. The minimum absolute atomic E-state index is 0.0320. The fourth-order valence-electron chi connectivity index (χ4n) is 1.47. The van der Waals surface area contributed by atoms with Crippen LogP contribution < -0.4 is 4.74 Å². The summed E-state index contributed by atoms with van der Waals surface area (Å²) in [7, 11) is 0. The number of carbonyl (C=O) groups excluding carboxylic acids is 1. The summed E-state index contributed by atoms with van der Waals surface area (Å²) in [6.45, 7) is 1.86. The zero-order valence-corrected chi connectivity index (χ0v) is 9.61. The summed E-state index contributed by atoms with van der Waals surface area (Å²) in [4.78, 5) is 11.7. The number of hydrogen-bond donors (Lipinski definition) is 0. The van der Waals surface area contributed by atoms with Gasteiger partial charge in [-0.05, 0) is 42.8 Å². The first-order chi connectivity index (χ1) is 8.56. The van der Waals surface area contributed by atoms with Crippen LogP contribution >= 0.6 is 0 Å². The van der Waals surface area contributed by atoms with Crippen molar-refractivity contribution in [2.45, 2.75) is 6.92 Å². The van der Waals surface area contributed by atoms with Crippen LogP contribution in [0.1, 0.15) is 15.9 Å². The van der Waals surface area contributed by atoms with E-state index < -0.39 is 17.6 Å². The average Bonchev–Trinajstić information content (AvgIpc) is 2.32. The molecule has 0 heterocycles. The van der Waals surface area contributed by atoms with Gasteiger partial charge in [0.05, 0.1) is 5.56 Å². The van der Waals surface area contributed by atoms with Crippen LogP contribution in [0.25, 0.3) is 0 Å². The number of halogens is 2. The molecule has 0 N–H and O–H groups in total. The molecular weight excluding hydrogens is 238 g/mol. The highest BCUT2D eigenvalue weighted by Gasteiger charge is 2.11. The molecule has 18 heavy (non-hydrogen) atoms. The Morgan fingerprint density at radius 1 is 1.06 bits per heavy atom. The molecule has 2 aromatic rings. The van der Waals surface area contributed by atoms with Crippen LogP contribution in [0.4, 0.5) is 8.78 Å². The molecule has 0 fully saturated rings. The van der Waals surface area contributed by atoms with E-state index in [2.05, 4.69) is 0 Å². The van der Waals surface area contributed by atoms with Crippen molar-refractivity contribution < 1.29 is 18.3 Å². The topological polar surface area (TPSA) is 26.3 Å². The van der Waals surface area contributed by atoms with Gasteiger partial charge >= 0.3 is 5.97 Å². The lowest BCUT2D eigenvalue weighted by Gasteiger charge is -2.05. The smallest absolute Gasteiger partial charge is 0.343 e. The molecule has 0 radical (unpaired) electrons. The molecule has 0 aliphatic heterocycles. The van der Waals surface area contributed by atoms with Crippen LogP contribution in [0.3, 0.4) is 0 Å². The molecule has 0 spiro atoms. The van der Waals surface area contributed by atoms with Crippen LogP contribution in [0.15, 0.2) is 42.5 Å². The van der Waals surface area contributed by atoms with Gasteiger partial charge in [0.25, 0.3) is 0 Å². The molecule has 0 saturated carbocycles. The standard InChI is InChI=1S/C14H10F2O2/c1-9-3-2-4-11(7-9)18-14(17)10-5-6-12(15)13(16)8-10/h2-8H,1H3. The minimum atomic E-state index is -1.08. The van der Waals surface area contributed by atoms with E-state index in [1.165, 1.54) is 6.07 Å². The van der Waals surface area contributed by atoms with Crippen molar-refractivity contribution in [3.05, 3.63) is 65.2 Å². The molecule has 0 atom stereocenters. The Morgan fingerprint density at radius 3 is 2.50 bits per heavy atom. The largest absolute Gasteiger partial charge is 0.423 e. The first kappa shape index (κ1) is 12.2. The molecule has 2 rings (SSSR count). The number of ether oxygens (including phenoxy) is 1. The van der Waals surface area contributed by atoms with Gasteiger partial charge in [-0.3, -0.25) is 0 Å². The summed E-state index contributed by atoms with van der Waals surface area (Å²) < 4.78 is 30.7. The predicted octanol–water partition coefficient (Wildman–Crippen LogP) is 3.49. The first-order valence-electron chi connectivity index (χ1n) is 5.30. The number of esters is 1. The van der Waals surface area contributed by atoms with Crippen molar-refractivity contribution in [1.29, 1.82) is 0 Å². The van der Waals surface area contributed by atoms with Gasteiger partial charge in [-0.1, -0.05) is 12.1 Å². The van der Waals surface area contributed by atoms with Gasteiger partial charge in [-0.2, -0.15) is 0 Å². The summed E-state index contributed by atoms with van der Waals surface area (Å²) in [6, 6.07) is 9.77. The second-order valence-electron chi connectivity index (χ2n) is 3.83. The zero-order valence-electron chi connectivity index (χ0n) is 9.61. The highest BCUT2D eigenvalue weighted by Crippen LogP contribution is 2.15. The monoisotopic (exact) mass is 248 g/mol. The lowest BCUT2D eigenvalue weighted by atomic mass is 10.2. The maximum atomic E-state index is 13.0. The van der Waals surface area contributed by atoms with Gasteiger partial charge in [-0.15, -0.1) is 0 Å². The molecule has 92 valence electrons. The SMILES string of the molecule is Cc1cccc(OC(=O)c2ccc(F)c(F)c2)c1. The third-order valence-electron chi connectivity index (χ3n) is 2.36. The molecule has 4 heteroatoms. The van der Waals surface area contributed by atoms with Gasteiger partial charge in [0.1, 0.15) is 5.75 Å². The van der Waals surface area contributed by atoms with Gasteiger partial charge < -0.3 is 4.74 Å². The van der Waals surface area contributed by atoms with E-state index in [1.807, 2.05) is 13.0 Å². The molecule has 0 aliphatic carbocycles. The number of carbonyl (C=O) groups is 1. The molecule has 0 unspecified atom stereocenters. The fraction of sp³-hybridized carbons (Fsp3) is 0.0714. The molecule has 0 aromatic heterocycles. The second-order valence-corrected chi connectivity index (χ2v) is 3.83. The molecule has 2 aromatic carbocycles. The van der Waals surface area contributed by atoms with E-state index in [9.17, 15) is 13.6 Å². The van der Waals surface area contributed by atoms with E-state index in [4.69, 9.17) is 4.74 Å². The summed E-state index contributed by atoms with van der Waals surface area (Å²) in [6.07, 6.45) is 0. The van der Waals surface area contributed by atoms with Gasteiger partial charge in [0.2, 0.25) is 0 Å². The minimum Gasteiger partial charge on any atom is -0.423 e. The highest BCUT2D eigenvalue weighted by molar-refractivity contribution is 5.91. The van der Waals surface area contributed by atoms with Crippen LogP contribution in [-0.4, -0.2) is 5.97 Å². The van der Waals surface area contributed by atoms with Crippen LogP contribution in [0.2, 0.25) is 0 Å². The van der Waals surface area contributed by atoms with Crippen molar-refractivity contribution in [2.24, 2.45) is 0 Å². The van der Waals surface area contributed by atoms with Crippen molar-refractivity contribution in [3.8, 4) is 5.75 Å². The normalized spacial score (nSPS) is 10.2. The predicted molar refractivity (Wildman–Crippen MR) is 62.5 cm³/mol. The number of hydrogen-bond acceptors (Lipinski definition) is 2. The Kier molecular flexibility index (Phi) is 3.37. The summed E-state index contributed by atoms with van der Waals surface area (Å²) in [5.74, 6) is -2.43. The number of rotatable bonds is 2. The van der Waals surface area contributed by atoms with Crippen molar-refractivity contribution in [2.75, 3.05) is 0 Å². The second kappa shape index (κ2) is 4.96. The van der Waals surface area contributed by atoms with Crippen molar-refractivity contribution in [3.63, 3.8) is 0 Å². The van der Waals surface area contributed by atoms with Gasteiger partial charge in [0, 0.05) is 0 Å². The molecular formula is C14H10F2O2. The third kappa shape index (κ3) is 2.71. The molecule has 2 nitrogen and oxygen atoms in total.